The second kappa shape index (κ2) is 6.42. The molecule has 0 atom stereocenters. The summed E-state index contributed by atoms with van der Waals surface area (Å²) in [5, 5.41) is 5.48. The molecule has 5 heteroatoms. The molecule has 0 spiro atoms. The van der Waals surface area contributed by atoms with E-state index in [0.717, 1.165) is 22.2 Å². The van der Waals surface area contributed by atoms with Gasteiger partial charge in [-0.05, 0) is 29.8 Å². The van der Waals surface area contributed by atoms with Crippen molar-refractivity contribution < 1.29 is 4.74 Å². The molecule has 3 aromatic rings. The number of benzene rings is 2. The highest BCUT2D eigenvalue weighted by Crippen LogP contribution is 2.28. The van der Waals surface area contributed by atoms with Crippen molar-refractivity contribution in [2.45, 2.75) is 6.54 Å². The van der Waals surface area contributed by atoms with E-state index in [4.69, 9.17) is 27.9 Å². The fourth-order valence-electron chi connectivity index (χ4n) is 2.31. The van der Waals surface area contributed by atoms with Gasteiger partial charge in [0.1, 0.15) is 10.9 Å². The number of nitrogens with one attached hydrogen (secondary N) is 1. The number of methoxy groups -OCH3 is 1. The third kappa shape index (κ3) is 3.11. The second-order valence-corrected chi connectivity index (χ2v) is 5.63. The number of nitrogens with zero attached hydrogens (tertiary/aromatic N) is 1. The van der Waals surface area contributed by atoms with E-state index in [2.05, 4.69) is 10.3 Å². The van der Waals surface area contributed by atoms with Gasteiger partial charge in [-0.2, -0.15) is 0 Å². The highest BCUT2D eigenvalue weighted by Gasteiger charge is 2.06. The Morgan fingerprint density at radius 3 is 2.68 bits per heavy atom. The first kappa shape index (κ1) is 14.9. The molecule has 0 aliphatic carbocycles. The largest absolute Gasteiger partial charge is 0.495 e. The number of ether oxygens (including phenoxy) is 1. The number of pyridine rings is 1. The van der Waals surface area contributed by atoms with Crippen LogP contribution in [0, 0.1) is 0 Å². The fraction of sp³-hybridized carbons (Fsp3) is 0.118. The molecule has 1 heterocycles. The molecule has 0 saturated heterocycles. The average molecular weight is 333 g/mol. The van der Waals surface area contributed by atoms with Crippen LogP contribution in [0.3, 0.4) is 0 Å². The minimum atomic E-state index is 0.467. The Bertz CT molecular complexity index is 821. The van der Waals surface area contributed by atoms with E-state index in [0.29, 0.717) is 22.5 Å². The van der Waals surface area contributed by atoms with Gasteiger partial charge >= 0.3 is 0 Å². The van der Waals surface area contributed by atoms with Gasteiger partial charge in [0.15, 0.2) is 0 Å². The number of fused-ring (bicyclic) bond motifs is 1. The summed E-state index contributed by atoms with van der Waals surface area (Å²) in [6, 6.07) is 15.4. The predicted octanol–water partition coefficient (Wildman–Crippen LogP) is 5.16. The van der Waals surface area contributed by atoms with E-state index in [1.165, 1.54) is 0 Å². The average Bonchev–Trinajstić information content (AvgIpc) is 2.52. The summed E-state index contributed by atoms with van der Waals surface area (Å²) in [7, 11) is 1.60. The van der Waals surface area contributed by atoms with Gasteiger partial charge < -0.3 is 10.1 Å². The van der Waals surface area contributed by atoms with Crippen molar-refractivity contribution in [3.63, 3.8) is 0 Å². The molecule has 0 aliphatic rings. The van der Waals surface area contributed by atoms with Gasteiger partial charge in [0.25, 0.3) is 0 Å². The Labute approximate surface area is 138 Å². The van der Waals surface area contributed by atoms with Gasteiger partial charge in [0, 0.05) is 17.6 Å². The fourth-order valence-corrected chi connectivity index (χ4v) is 2.79. The zero-order chi connectivity index (χ0) is 15.5. The van der Waals surface area contributed by atoms with Gasteiger partial charge in [-0.3, -0.25) is 0 Å². The lowest BCUT2D eigenvalue weighted by Crippen LogP contribution is -2.01. The van der Waals surface area contributed by atoms with Crippen LogP contribution in [0.1, 0.15) is 5.56 Å². The number of para-hydroxylation sites is 1. The van der Waals surface area contributed by atoms with Crippen LogP contribution >= 0.6 is 23.2 Å². The number of hydrogen-bond acceptors (Lipinski definition) is 3. The van der Waals surface area contributed by atoms with Crippen molar-refractivity contribution in [1.82, 2.24) is 4.98 Å². The van der Waals surface area contributed by atoms with Crippen LogP contribution in [0.25, 0.3) is 10.9 Å². The summed E-state index contributed by atoms with van der Waals surface area (Å²) in [5.74, 6) is 0.669. The Kier molecular flexibility index (Phi) is 4.36. The van der Waals surface area contributed by atoms with Crippen LogP contribution in [-0.2, 0) is 6.54 Å². The van der Waals surface area contributed by atoms with E-state index in [1.807, 2.05) is 48.5 Å². The molecule has 0 saturated carbocycles. The maximum absolute atomic E-state index is 6.15. The molecule has 22 heavy (non-hydrogen) atoms. The number of aromatic nitrogens is 1. The zero-order valence-corrected chi connectivity index (χ0v) is 13.4. The molecule has 1 aromatic heterocycles. The summed E-state index contributed by atoms with van der Waals surface area (Å²) in [6.07, 6.45) is 0. The van der Waals surface area contributed by atoms with Crippen molar-refractivity contribution in [2.75, 3.05) is 12.4 Å². The van der Waals surface area contributed by atoms with Gasteiger partial charge in [-0.15, -0.1) is 0 Å². The molecule has 3 nitrogen and oxygen atoms in total. The van der Waals surface area contributed by atoms with E-state index in [1.54, 1.807) is 7.11 Å². The lowest BCUT2D eigenvalue weighted by atomic mass is 10.1. The lowest BCUT2D eigenvalue weighted by molar-refractivity contribution is 0.415. The van der Waals surface area contributed by atoms with Gasteiger partial charge in [0.05, 0.1) is 17.6 Å². The summed E-state index contributed by atoms with van der Waals surface area (Å²) in [6.45, 7) is 0.633. The Morgan fingerprint density at radius 1 is 1.09 bits per heavy atom. The normalized spacial score (nSPS) is 10.7. The van der Waals surface area contributed by atoms with E-state index >= 15 is 0 Å². The maximum Gasteiger partial charge on any atom is 0.137 e. The van der Waals surface area contributed by atoms with Crippen LogP contribution in [0.15, 0.2) is 48.5 Å². The van der Waals surface area contributed by atoms with Crippen LogP contribution < -0.4 is 10.1 Å². The smallest absolute Gasteiger partial charge is 0.137 e. The molecule has 0 aliphatic heterocycles. The SMILES string of the molecule is COc1ccc(CNc2cc(Cl)nc3ccccc23)cc1Cl. The second-order valence-electron chi connectivity index (χ2n) is 4.83. The molecule has 0 amide bonds. The molecule has 0 unspecified atom stereocenters. The Hall–Kier alpha value is -1.97. The quantitative estimate of drug-likeness (QED) is 0.670. The zero-order valence-electron chi connectivity index (χ0n) is 11.9. The minimum absolute atomic E-state index is 0.467. The molecule has 0 radical (unpaired) electrons. The van der Waals surface area contributed by atoms with E-state index in [9.17, 15) is 0 Å². The van der Waals surface area contributed by atoms with Crippen LogP contribution in [0.5, 0.6) is 5.75 Å². The number of hydrogen-bond donors (Lipinski definition) is 1. The summed E-state index contributed by atoms with van der Waals surface area (Å²) in [5.41, 5.74) is 2.87. The minimum Gasteiger partial charge on any atom is -0.495 e. The first-order valence-electron chi connectivity index (χ1n) is 6.79. The molecule has 3 rings (SSSR count). The number of anilines is 1. The molecule has 2 aromatic carbocycles. The standard InChI is InChI=1S/C17H14Cl2N2O/c1-22-16-7-6-11(8-13(16)18)10-20-15-9-17(19)21-14-5-3-2-4-12(14)15/h2-9H,10H2,1H3,(H,20,21). The lowest BCUT2D eigenvalue weighted by Gasteiger charge is -2.11. The van der Waals surface area contributed by atoms with Crippen molar-refractivity contribution in [1.29, 1.82) is 0 Å². The Morgan fingerprint density at radius 2 is 1.91 bits per heavy atom. The first-order chi connectivity index (χ1) is 10.7. The molecular weight excluding hydrogens is 319 g/mol. The van der Waals surface area contributed by atoms with Crippen molar-refractivity contribution >= 4 is 39.8 Å². The molecule has 0 bridgehead atoms. The van der Waals surface area contributed by atoms with Crippen LogP contribution in [0.2, 0.25) is 10.2 Å². The third-order valence-electron chi connectivity index (χ3n) is 3.38. The third-order valence-corrected chi connectivity index (χ3v) is 3.87. The molecule has 1 N–H and O–H groups in total. The Balaban J connectivity index is 1.86. The van der Waals surface area contributed by atoms with E-state index < -0.39 is 0 Å². The van der Waals surface area contributed by atoms with Crippen molar-refractivity contribution in [2.24, 2.45) is 0 Å². The maximum atomic E-state index is 6.15. The monoisotopic (exact) mass is 332 g/mol. The molecule has 112 valence electrons. The number of halogens is 2. The summed E-state index contributed by atoms with van der Waals surface area (Å²) in [4.78, 5) is 4.32. The van der Waals surface area contributed by atoms with Crippen molar-refractivity contribution in [3.8, 4) is 5.75 Å². The summed E-state index contributed by atoms with van der Waals surface area (Å²) < 4.78 is 5.16. The predicted molar refractivity (Wildman–Crippen MR) is 92.1 cm³/mol. The molecular formula is C17H14Cl2N2O. The highest BCUT2D eigenvalue weighted by molar-refractivity contribution is 6.32. The van der Waals surface area contributed by atoms with Gasteiger partial charge in [0.2, 0.25) is 0 Å². The van der Waals surface area contributed by atoms with Crippen molar-refractivity contribution in [3.05, 3.63) is 64.3 Å². The van der Waals surface area contributed by atoms with Crippen LogP contribution in [0.4, 0.5) is 5.69 Å². The van der Waals surface area contributed by atoms with E-state index in [-0.39, 0.29) is 0 Å². The van der Waals surface area contributed by atoms with Gasteiger partial charge in [-0.1, -0.05) is 47.5 Å². The van der Waals surface area contributed by atoms with Gasteiger partial charge in [-0.25, -0.2) is 4.98 Å². The first-order valence-corrected chi connectivity index (χ1v) is 7.54. The topological polar surface area (TPSA) is 34.1 Å². The summed E-state index contributed by atoms with van der Waals surface area (Å²) >= 11 is 12.2. The van der Waals surface area contributed by atoms with Crippen LogP contribution in [-0.4, -0.2) is 12.1 Å². The highest BCUT2D eigenvalue weighted by atomic mass is 35.5. The number of rotatable bonds is 4. The molecule has 0 fully saturated rings.